The van der Waals surface area contributed by atoms with Gasteiger partial charge in [0.15, 0.2) is 0 Å². The quantitative estimate of drug-likeness (QED) is 0.251. The van der Waals surface area contributed by atoms with E-state index in [2.05, 4.69) is 83.1 Å². The number of amides is 1. The molecule has 4 aromatic rings. The molecule has 0 aliphatic rings. The summed E-state index contributed by atoms with van der Waals surface area (Å²) in [5.74, 6) is -0.340. The van der Waals surface area contributed by atoms with Crippen molar-refractivity contribution >= 4 is 35.1 Å². The van der Waals surface area contributed by atoms with Gasteiger partial charge in [-0.1, -0.05) is 91.0 Å². The van der Waals surface area contributed by atoms with Gasteiger partial charge >= 0.3 is 0 Å². The second-order valence-corrected chi connectivity index (χ2v) is 9.12. The number of hydrogen-bond acceptors (Lipinski definition) is 5. The molecule has 0 saturated carbocycles. The summed E-state index contributed by atoms with van der Waals surface area (Å²) in [6, 6.07) is 33.3. The van der Waals surface area contributed by atoms with Gasteiger partial charge in [-0.05, 0) is 28.2 Å². The summed E-state index contributed by atoms with van der Waals surface area (Å²) in [7, 11) is 0. The van der Waals surface area contributed by atoms with Crippen LogP contribution in [0.15, 0.2) is 102 Å². The van der Waals surface area contributed by atoms with Crippen LogP contribution in [0, 0.1) is 11.3 Å². The van der Waals surface area contributed by atoms with Crippen LogP contribution in [0.5, 0.6) is 0 Å². The Morgan fingerprint density at radius 1 is 0.939 bits per heavy atom. The van der Waals surface area contributed by atoms with E-state index in [0.717, 1.165) is 5.01 Å². The second kappa shape index (κ2) is 10.8. The molecule has 1 heterocycles. The smallest absolute Gasteiger partial charge is 0.271 e. The molecule has 162 valence electrons. The SMILES string of the molecule is N#CCNC(=O)c1csc(/C=C\SC(c2ccccc2)(c2ccccc2)c2ccccc2)n1. The van der Waals surface area contributed by atoms with Crippen LogP contribution in [0.2, 0.25) is 0 Å². The normalized spacial score (nSPS) is 11.2. The maximum absolute atomic E-state index is 12.1. The Labute approximate surface area is 201 Å². The molecule has 0 atom stereocenters. The lowest BCUT2D eigenvalue weighted by molar-refractivity contribution is 0.0954. The third-order valence-electron chi connectivity index (χ3n) is 5.08. The van der Waals surface area contributed by atoms with E-state index in [1.54, 1.807) is 17.1 Å². The van der Waals surface area contributed by atoms with Crippen molar-refractivity contribution in [2.24, 2.45) is 0 Å². The number of carbonyl (C=O) groups is 1. The van der Waals surface area contributed by atoms with E-state index in [4.69, 9.17) is 5.26 Å². The number of carbonyl (C=O) groups excluding carboxylic acids is 1. The van der Waals surface area contributed by atoms with Crippen LogP contribution >= 0.6 is 23.1 Å². The van der Waals surface area contributed by atoms with Gasteiger partial charge in [-0.2, -0.15) is 5.26 Å². The van der Waals surface area contributed by atoms with Gasteiger partial charge in [-0.15, -0.1) is 23.1 Å². The van der Waals surface area contributed by atoms with Crippen molar-refractivity contribution in [1.82, 2.24) is 10.3 Å². The average molecular weight is 468 g/mol. The first-order valence-corrected chi connectivity index (χ1v) is 12.1. The van der Waals surface area contributed by atoms with Gasteiger partial charge in [0.05, 0.1) is 10.8 Å². The molecule has 3 aromatic carbocycles. The standard InChI is InChI=1S/C27H21N3OS2/c28-17-18-29-26(31)24-20-32-25(30-24)16-19-33-27(21-10-4-1-5-11-21,22-12-6-2-7-13-22)23-14-8-3-9-15-23/h1-16,19-20H,18H2,(H,29,31)/b19-16-. The van der Waals surface area contributed by atoms with Gasteiger partial charge in [-0.3, -0.25) is 4.79 Å². The lowest BCUT2D eigenvalue weighted by Crippen LogP contribution is -2.24. The monoisotopic (exact) mass is 467 g/mol. The predicted molar refractivity (Wildman–Crippen MR) is 136 cm³/mol. The van der Waals surface area contributed by atoms with Crippen molar-refractivity contribution in [2.45, 2.75) is 4.75 Å². The molecule has 0 aliphatic heterocycles. The number of hydrogen-bond donors (Lipinski definition) is 1. The highest BCUT2D eigenvalue weighted by Crippen LogP contribution is 2.49. The van der Waals surface area contributed by atoms with Crippen molar-refractivity contribution in [3.8, 4) is 6.07 Å². The number of thiazole rings is 1. The van der Waals surface area contributed by atoms with Crippen molar-refractivity contribution < 1.29 is 4.79 Å². The Kier molecular flexibility index (Phi) is 7.36. The van der Waals surface area contributed by atoms with Crippen molar-refractivity contribution in [1.29, 1.82) is 5.26 Å². The Bertz CT molecular complexity index is 1170. The third-order valence-corrected chi connectivity index (χ3v) is 7.22. The van der Waals surface area contributed by atoms with E-state index in [-0.39, 0.29) is 12.5 Å². The van der Waals surface area contributed by atoms with Crippen LogP contribution in [0.1, 0.15) is 32.2 Å². The van der Waals surface area contributed by atoms with Crippen LogP contribution in [-0.2, 0) is 4.75 Å². The maximum Gasteiger partial charge on any atom is 0.271 e. The number of nitrogens with one attached hydrogen (secondary N) is 1. The number of nitrogens with zero attached hydrogens (tertiary/aromatic N) is 2. The first kappa shape index (κ1) is 22.5. The van der Waals surface area contributed by atoms with E-state index < -0.39 is 4.75 Å². The molecule has 0 aliphatic carbocycles. The summed E-state index contributed by atoms with van der Waals surface area (Å²) in [6.45, 7) is -0.0366. The van der Waals surface area contributed by atoms with Gasteiger partial charge in [0.2, 0.25) is 0 Å². The lowest BCUT2D eigenvalue weighted by atomic mass is 9.84. The molecule has 0 fully saturated rings. The molecule has 1 aromatic heterocycles. The molecule has 0 radical (unpaired) electrons. The number of nitriles is 1. The topological polar surface area (TPSA) is 65.8 Å². The molecule has 6 heteroatoms. The summed E-state index contributed by atoms with van der Waals surface area (Å²) >= 11 is 3.09. The summed E-state index contributed by atoms with van der Waals surface area (Å²) in [5, 5.41) is 15.6. The minimum absolute atomic E-state index is 0.0366. The van der Waals surface area contributed by atoms with Gasteiger partial charge in [0, 0.05) is 5.38 Å². The summed E-state index contributed by atoms with van der Waals surface area (Å²) < 4.78 is -0.454. The van der Waals surface area contributed by atoms with E-state index >= 15 is 0 Å². The van der Waals surface area contributed by atoms with Crippen LogP contribution < -0.4 is 5.32 Å². The molecule has 4 nitrogen and oxygen atoms in total. The van der Waals surface area contributed by atoms with Crippen LogP contribution in [-0.4, -0.2) is 17.4 Å². The Hall–Kier alpha value is -3.66. The fraction of sp³-hybridized carbons (Fsp3) is 0.0741. The first-order chi connectivity index (χ1) is 16.2. The minimum atomic E-state index is -0.454. The average Bonchev–Trinajstić information content (AvgIpc) is 3.36. The summed E-state index contributed by atoms with van der Waals surface area (Å²) in [4.78, 5) is 16.5. The molecule has 0 spiro atoms. The van der Waals surface area contributed by atoms with Gasteiger partial charge in [0.1, 0.15) is 17.2 Å². The Morgan fingerprint density at radius 3 is 1.94 bits per heavy atom. The van der Waals surface area contributed by atoms with Crippen molar-refractivity contribution in [3.63, 3.8) is 0 Å². The zero-order valence-electron chi connectivity index (χ0n) is 17.7. The molecular formula is C27H21N3OS2. The largest absolute Gasteiger partial charge is 0.338 e. The lowest BCUT2D eigenvalue weighted by Gasteiger charge is -2.34. The first-order valence-electron chi connectivity index (χ1n) is 10.4. The maximum atomic E-state index is 12.1. The van der Waals surface area contributed by atoms with Gasteiger partial charge < -0.3 is 5.32 Å². The fourth-order valence-corrected chi connectivity index (χ4v) is 5.59. The van der Waals surface area contributed by atoms with E-state index in [1.807, 2.05) is 35.8 Å². The number of thioether (sulfide) groups is 1. The van der Waals surface area contributed by atoms with Crippen LogP contribution in [0.4, 0.5) is 0 Å². The van der Waals surface area contributed by atoms with E-state index in [0.29, 0.717) is 5.69 Å². The molecule has 1 amide bonds. The zero-order chi connectivity index (χ0) is 22.9. The molecule has 4 rings (SSSR count). The highest BCUT2D eigenvalue weighted by atomic mass is 32.2. The molecule has 0 saturated heterocycles. The van der Waals surface area contributed by atoms with E-state index in [1.165, 1.54) is 28.0 Å². The van der Waals surface area contributed by atoms with Crippen molar-refractivity contribution in [3.05, 3.63) is 129 Å². The number of benzene rings is 3. The number of rotatable bonds is 8. The van der Waals surface area contributed by atoms with Crippen LogP contribution in [0.3, 0.4) is 0 Å². The molecule has 33 heavy (non-hydrogen) atoms. The van der Waals surface area contributed by atoms with Crippen molar-refractivity contribution in [2.75, 3.05) is 6.54 Å². The molecular weight excluding hydrogens is 446 g/mol. The second-order valence-electron chi connectivity index (χ2n) is 7.11. The fourth-order valence-electron chi connectivity index (χ4n) is 3.60. The van der Waals surface area contributed by atoms with Gasteiger partial charge in [-0.25, -0.2) is 4.98 Å². The van der Waals surface area contributed by atoms with Gasteiger partial charge in [0.25, 0.3) is 5.91 Å². The zero-order valence-corrected chi connectivity index (χ0v) is 19.4. The highest BCUT2D eigenvalue weighted by molar-refractivity contribution is 8.03. The summed E-state index contributed by atoms with van der Waals surface area (Å²) in [6.07, 6.45) is 1.93. The Balaban J connectivity index is 1.72. The number of aromatic nitrogens is 1. The third kappa shape index (κ3) is 5.06. The molecule has 0 bridgehead atoms. The minimum Gasteiger partial charge on any atom is -0.338 e. The molecule has 1 N–H and O–H groups in total. The predicted octanol–water partition coefficient (Wildman–Crippen LogP) is 6.09. The van der Waals surface area contributed by atoms with E-state index in [9.17, 15) is 4.79 Å². The molecule has 0 unspecified atom stereocenters. The Morgan fingerprint density at radius 2 is 1.45 bits per heavy atom. The highest BCUT2D eigenvalue weighted by Gasteiger charge is 2.36. The summed E-state index contributed by atoms with van der Waals surface area (Å²) in [5.41, 5.74) is 3.84. The van der Waals surface area contributed by atoms with Crippen LogP contribution in [0.25, 0.3) is 6.08 Å².